The number of hydrogen-bond acceptors (Lipinski definition) is 4. The lowest BCUT2D eigenvalue weighted by Crippen LogP contribution is -2.29. The minimum Gasteiger partial charge on any atom is -0.345 e. The number of amides is 1. The smallest absolute Gasteiger partial charge is 0.259 e. The zero-order valence-corrected chi connectivity index (χ0v) is 18.0. The van der Waals surface area contributed by atoms with Gasteiger partial charge in [-0.15, -0.1) is 11.3 Å². The van der Waals surface area contributed by atoms with Crippen LogP contribution in [0.5, 0.6) is 0 Å². The van der Waals surface area contributed by atoms with Crippen LogP contribution < -0.4 is 5.32 Å². The highest BCUT2D eigenvalue weighted by atomic mass is 32.1. The van der Waals surface area contributed by atoms with Crippen LogP contribution in [0.3, 0.4) is 0 Å². The molecule has 1 saturated carbocycles. The van der Waals surface area contributed by atoms with Gasteiger partial charge in [0.25, 0.3) is 5.91 Å². The normalized spacial score (nSPS) is 19.1. The van der Waals surface area contributed by atoms with Crippen molar-refractivity contribution in [3.8, 4) is 0 Å². The van der Waals surface area contributed by atoms with E-state index in [-0.39, 0.29) is 5.91 Å². The summed E-state index contributed by atoms with van der Waals surface area (Å²) >= 11 is 1.53. The van der Waals surface area contributed by atoms with Gasteiger partial charge < -0.3 is 4.57 Å². The van der Waals surface area contributed by atoms with Gasteiger partial charge in [-0.25, -0.2) is 4.98 Å². The van der Waals surface area contributed by atoms with Gasteiger partial charge >= 0.3 is 0 Å². The molecule has 0 unspecified atom stereocenters. The number of carbonyl (C=O) groups excluding carboxylic acids is 1. The molecule has 0 aromatic carbocycles. The van der Waals surface area contributed by atoms with Crippen molar-refractivity contribution in [3.63, 3.8) is 0 Å². The summed E-state index contributed by atoms with van der Waals surface area (Å²) < 4.78 is 2.39. The van der Waals surface area contributed by atoms with E-state index in [1.165, 1.54) is 68.4 Å². The molecule has 1 aliphatic heterocycles. The molecule has 0 bridgehead atoms. The average molecular weight is 401 g/mol. The Morgan fingerprint density at radius 1 is 1.14 bits per heavy atom. The highest BCUT2D eigenvalue weighted by Crippen LogP contribution is 2.32. The van der Waals surface area contributed by atoms with Crippen LogP contribution in [0.15, 0.2) is 11.4 Å². The monoisotopic (exact) mass is 400 g/mol. The molecule has 0 spiro atoms. The molecule has 5 nitrogen and oxygen atoms in total. The fourth-order valence-corrected chi connectivity index (χ4v) is 5.55. The first-order valence-corrected chi connectivity index (χ1v) is 11.7. The lowest BCUT2D eigenvalue weighted by atomic mass is 9.95. The first-order valence-electron chi connectivity index (χ1n) is 10.8. The molecule has 0 radical (unpaired) electrons. The number of aromatic nitrogens is 2. The molecule has 1 aliphatic carbocycles. The van der Waals surface area contributed by atoms with E-state index in [1.54, 1.807) is 0 Å². The van der Waals surface area contributed by atoms with E-state index in [0.717, 1.165) is 36.6 Å². The number of anilines is 1. The largest absolute Gasteiger partial charge is 0.345 e. The lowest BCUT2D eigenvalue weighted by molar-refractivity contribution is 0.102. The number of rotatable bonds is 5. The van der Waals surface area contributed by atoms with Crippen LogP contribution in [0.25, 0.3) is 0 Å². The van der Waals surface area contributed by atoms with Crippen molar-refractivity contribution >= 4 is 22.4 Å². The number of aryl methyl sites for hydroxylation is 1. The summed E-state index contributed by atoms with van der Waals surface area (Å²) in [4.78, 5) is 20.0. The Hall–Kier alpha value is -1.66. The second-order valence-corrected chi connectivity index (χ2v) is 9.24. The van der Waals surface area contributed by atoms with E-state index in [9.17, 15) is 4.79 Å². The van der Waals surface area contributed by atoms with Crippen LogP contribution in [0.4, 0.5) is 5.13 Å². The quantitative estimate of drug-likeness (QED) is 0.740. The van der Waals surface area contributed by atoms with Gasteiger partial charge in [0.1, 0.15) is 0 Å². The van der Waals surface area contributed by atoms with Crippen LogP contribution in [0.2, 0.25) is 0 Å². The zero-order chi connectivity index (χ0) is 19.5. The van der Waals surface area contributed by atoms with Gasteiger partial charge in [0.05, 0.1) is 11.3 Å². The second-order valence-electron chi connectivity index (χ2n) is 8.38. The summed E-state index contributed by atoms with van der Waals surface area (Å²) in [7, 11) is 0. The summed E-state index contributed by atoms with van der Waals surface area (Å²) in [5, 5.41) is 5.82. The molecule has 2 aliphatic rings. The van der Waals surface area contributed by atoms with Crippen molar-refractivity contribution in [2.24, 2.45) is 0 Å². The Kier molecular flexibility index (Phi) is 6.16. The molecule has 0 atom stereocenters. The van der Waals surface area contributed by atoms with Gasteiger partial charge in [-0.3, -0.25) is 15.0 Å². The third-order valence-corrected chi connectivity index (χ3v) is 7.08. The predicted molar refractivity (Wildman–Crippen MR) is 115 cm³/mol. The van der Waals surface area contributed by atoms with Gasteiger partial charge in [0.2, 0.25) is 0 Å². The minimum absolute atomic E-state index is 0.0333. The fourth-order valence-electron chi connectivity index (χ4n) is 4.86. The van der Waals surface area contributed by atoms with Crippen LogP contribution in [-0.4, -0.2) is 33.4 Å². The highest BCUT2D eigenvalue weighted by Gasteiger charge is 2.23. The molecular formula is C22H32N4OS. The fraction of sp³-hybridized carbons (Fsp3) is 0.636. The molecule has 3 heterocycles. The molecule has 152 valence electrons. The summed E-state index contributed by atoms with van der Waals surface area (Å²) in [6.07, 6.45) is 10.3. The second kappa shape index (κ2) is 8.78. The number of carbonyl (C=O) groups is 1. The molecule has 1 saturated heterocycles. The highest BCUT2D eigenvalue weighted by molar-refractivity contribution is 7.14. The third-order valence-electron chi connectivity index (χ3n) is 6.28. The van der Waals surface area contributed by atoms with Crippen LogP contribution >= 0.6 is 11.3 Å². The number of likely N-dealkylation sites (tertiary alicyclic amines) is 1. The van der Waals surface area contributed by atoms with Gasteiger partial charge in [-0.1, -0.05) is 25.7 Å². The van der Waals surface area contributed by atoms with Gasteiger partial charge in [0.15, 0.2) is 5.13 Å². The van der Waals surface area contributed by atoms with Crippen LogP contribution in [0.1, 0.15) is 84.8 Å². The topological polar surface area (TPSA) is 50.2 Å². The van der Waals surface area contributed by atoms with Crippen LogP contribution in [-0.2, 0) is 6.54 Å². The van der Waals surface area contributed by atoms with E-state index in [2.05, 4.69) is 39.0 Å². The molecular weight excluding hydrogens is 368 g/mol. The maximum Gasteiger partial charge on any atom is 0.259 e. The van der Waals surface area contributed by atoms with Crippen LogP contribution in [0, 0.1) is 13.8 Å². The summed E-state index contributed by atoms with van der Waals surface area (Å²) in [6.45, 7) is 7.42. The standard InChI is InChI=1S/C22H32N4OS/c1-16-13-20(17(2)26(16)19-9-5-3-6-10-19)21(27)24-22-23-18(15-28-22)14-25-11-7-4-8-12-25/h13,15,19H,3-12,14H2,1-2H3,(H,23,24,27). The Labute approximate surface area is 172 Å². The van der Waals surface area contributed by atoms with Crippen molar-refractivity contribution in [1.29, 1.82) is 0 Å². The number of nitrogens with one attached hydrogen (secondary N) is 1. The maximum atomic E-state index is 12.9. The number of thiazole rings is 1. The SMILES string of the molecule is Cc1cc(C(=O)Nc2nc(CN3CCCCC3)cs2)c(C)n1C1CCCCC1. The summed E-state index contributed by atoms with van der Waals surface area (Å²) in [5.41, 5.74) is 4.14. The van der Waals surface area contributed by atoms with E-state index in [0.29, 0.717) is 11.2 Å². The number of nitrogens with zero attached hydrogens (tertiary/aromatic N) is 3. The average Bonchev–Trinajstić information content (AvgIpc) is 3.26. The molecule has 1 N–H and O–H groups in total. The van der Waals surface area contributed by atoms with Gasteiger partial charge in [-0.05, 0) is 58.7 Å². The number of hydrogen-bond donors (Lipinski definition) is 1. The molecule has 2 aromatic heterocycles. The Morgan fingerprint density at radius 2 is 1.86 bits per heavy atom. The molecule has 2 aromatic rings. The van der Waals surface area contributed by atoms with Gasteiger partial charge in [0, 0.05) is 29.4 Å². The number of piperidine rings is 1. The molecule has 28 heavy (non-hydrogen) atoms. The molecule has 1 amide bonds. The Morgan fingerprint density at radius 3 is 2.61 bits per heavy atom. The van der Waals surface area contributed by atoms with Gasteiger partial charge in [-0.2, -0.15) is 0 Å². The Bertz CT molecular complexity index is 813. The van der Waals surface area contributed by atoms with Crippen molar-refractivity contribution in [1.82, 2.24) is 14.5 Å². The van der Waals surface area contributed by atoms with E-state index < -0.39 is 0 Å². The maximum absolute atomic E-state index is 12.9. The minimum atomic E-state index is -0.0333. The first kappa shape index (κ1) is 19.6. The van der Waals surface area contributed by atoms with Crippen molar-refractivity contribution < 1.29 is 4.79 Å². The predicted octanol–water partition coefficient (Wildman–Crippen LogP) is 5.30. The first-order chi connectivity index (χ1) is 13.6. The van der Waals surface area contributed by atoms with Crippen molar-refractivity contribution in [2.75, 3.05) is 18.4 Å². The van der Waals surface area contributed by atoms with E-state index >= 15 is 0 Å². The molecule has 4 rings (SSSR count). The summed E-state index contributed by atoms with van der Waals surface area (Å²) in [5.74, 6) is -0.0333. The lowest BCUT2D eigenvalue weighted by Gasteiger charge is -2.26. The Balaban J connectivity index is 1.42. The van der Waals surface area contributed by atoms with Crippen molar-refractivity contribution in [3.05, 3.63) is 34.1 Å². The van der Waals surface area contributed by atoms with Crippen molar-refractivity contribution in [2.45, 2.75) is 77.8 Å². The summed E-state index contributed by atoms with van der Waals surface area (Å²) in [6, 6.07) is 2.59. The molecule has 6 heteroatoms. The zero-order valence-electron chi connectivity index (χ0n) is 17.2. The van der Waals surface area contributed by atoms with E-state index in [4.69, 9.17) is 0 Å². The third kappa shape index (κ3) is 4.33. The molecule has 2 fully saturated rings. The van der Waals surface area contributed by atoms with E-state index in [1.807, 2.05) is 6.07 Å².